The minimum atomic E-state index is 0.523. The molecular weight excluding hydrogens is 184 g/mol. The number of hydrogen-bond donors (Lipinski definition) is 0. The van der Waals surface area contributed by atoms with Crippen molar-refractivity contribution in [3.63, 3.8) is 0 Å². The van der Waals surface area contributed by atoms with Crippen LogP contribution in [0.4, 0.5) is 0 Å². The van der Waals surface area contributed by atoms with Crippen molar-refractivity contribution >= 4 is 0 Å². The van der Waals surface area contributed by atoms with Gasteiger partial charge < -0.3 is 4.74 Å². The first kappa shape index (κ1) is 13.0. The molecule has 1 rings (SSSR count). The molecule has 0 saturated heterocycles. The summed E-state index contributed by atoms with van der Waals surface area (Å²) in [4.78, 5) is 0. The van der Waals surface area contributed by atoms with Crippen molar-refractivity contribution in [3.05, 3.63) is 0 Å². The lowest BCUT2D eigenvalue weighted by molar-refractivity contribution is 0.0131. The van der Waals surface area contributed by atoms with Crippen molar-refractivity contribution < 1.29 is 4.74 Å². The zero-order valence-corrected chi connectivity index (χ0v) is 11.1. The van der Waals surface area contributed by atoms with Crippen LogP contribution in [0.15, 0.2) is 0 Å². The summed E-state index contributed by atoms with van der Waals surface area (Å²) in [6.07, 6.45) is 5.90. The standard InChI is InChI=1S/C14H28O/c1-10(2)6-12-7-13(11(3)4)9-14(8-12)15-5/h10-14H,6-9H2,1-5H3/t12?,13?,14-/m1/s1. The quantitative estimate of drug-likeness (QED) is 0.681. The summed E-state index contributed by atoms with van der Waals surface area (Å²) in [5, 5.41) is 0. The molecule has 0 spiro atoms. The summed E-state index contributed by atoms with van der Waals surface area (Å²) in [7, 11) is 1.87. The van der Waals surface area contributed by atoms with Gasteiger partial charge in [-0.2, -0.15) is 0 Å². The first-order valence-electron chi connectivity index (χ1n) is 6.55. The van der Waals surface area contributed by atoms with Gasteiger partial charge in [0.1, 0.15) is 0 Å². The second-order valence-corrected chi connectivity index (χ2v) is 6.06. The Morgan fingerprint density at radius 2 is 1.73 bits per heavy atom. The molecule has 1 fully saturated rings. The highest BCUT2D eigenvalue weighted by molar-refractivity contribution is 4.81. The molecule has 90 valence electrons. The van der Waals surface area contributed by atoms with Crippen molar-refractivity contribution in [2.24, 2.45) is 23.7 Å². The minimum Gasteiger partial charge on any atom is -0.381 e. The predicted molar refractivity (Wildman–Crippen MR) is 65.9 cm³/mol. The van der Waals surface area contributed by atoms with Gasteiger partial charge in [-0.3, -0.25) is 0 Å². The largest absolute Gasteiger partial charge is 0.381 e. The molecule has 0 heterocycles. The molecule has 0 amide bonds. The Kier molecular flexibility index (Phi) is 5.11. The summed E-state index contributed by atoms with van der Waals surface area (Å²) in [5.74, 6) is 3.43. The van der Waals surface area contributed by atoms with E-state index in [0.29, 0.717) is 6.10 Å². The number of methoxy groups -OCH3 is 1. The van der Waals surface area contributed by atoms with Crippen LogP contribution in [-0.2, 0) is 4.74 Å². The molecule has 1 saturated carbocycles. The number of hydrogen-bond acceptors (Lipinski definition) is 1. The van der Waals surface area contributed by atoms with E-state index < -0.39 is 0 Å². The van der Waals surface area contributed by atoms with E-state index >= 15 is 0 Å². The van der Waals surface area contributed by atoms with Crippen LogP contribution in [-0.4, -0.2) is 13.2 Å². The van der Waals surface area contributed by atoms with E-state index in [9.17, 15) is 0 Å². The fourth-order valence-electron chi connectivity index (χ4n) is 3.02. The van der Waals surface area contributed by atoms with Gasteiger partial charge in [0.05, 0.1) is 6.10 Å². The van der Waals surface area contributed by atoms with Gasteiger partial charge in [0.25, 0.3) is 0 Å². The Hall–Kier alpha value is -0.0400. The Morgan fingerprint density at radius 3 is 2.20 bits per heavy atom. The Bertz CT molecular complexity index is 174. The molecule has 0 radical (unpaired) electrons. The molecule has 0 aromatic carbocycles. The van der Waals surface area contributed by atoms with Gasteiger partial charge in [-0.1, -0.05) is 27.7 Å². The third-order valence-corrected chi connectivity index (χ3v) is 3.88. The second kappa shape index (κ2) is 5.89. The number of ether oxygens (including phenoxy) is 1. The summed E-state index contributed by atoms with van der Waals surface area (Å²) in [6, 6.07) is 0. The zero-order valence-electron chi connectivity index (χ0n) is 11.1. The first-order chi connectivity index (χ1) is 7.02. The van der Waals surface area contributed by atoms with Crippen LogP contribution in [0, 0.1) is 23.7 Å². The Labute approximate surface area is 95.6 Å². The normalized spacial score (nSPS) is 32.6. The highest BCUT2D eigenvalue weighted by Gasteiger charge is 2.30. The van der Waals surface area contributed by atoms with E-state index in [2.05, 4.69) is 27.7 Å². The van der Waals surface area contributed by atoms with Gasteiger partial charge in [-0.05, 0) is 49.4 Å². The molecule has 2 unspecified atom stereocenters. The molecule has 1 nitrogen and oxygen atoms in total. The average molecular weight is 212 g/mol. The maximum absolute atomic E-state index is 5.58. The van der Waals surface area contributed by atoms with E-state index in [4.69, 9.17) is 4.74 Å². The fraction of sp³-hybridized carbons (Fsp3) is 1.00. The Morgan fingerprint density at radius 1 is 1.07 bits per heavy atom. The molecule has 0 aliphatic heterocycles. The molecule has 0 aromatic heterocycles. The highest BCUT2D eigenvalue weighted by atomic mass is 16.5. The van der Waals surface area contributed by atoms with Crippen LogP contribution in [0.1, 0.15) is 53.4 Å². The van der Waals surface area contributed by atoms with E-state index in [1.54, 1.807) is 0 Å². The van der Waals surface area contributed by atoms with Gasteiger partial charge in [0.15, 0.2) is 0 Å². The second-order valence-electron chi connectivity index (χ2n) is 6.06. The molecule has 0 N–H and O–H groups in total. The average Bonchev–Trinajstić information content (AvgIpc) is 2.16. The fourth-order valence-corrected chi connectivity index (χ4v) is 3.02. The molecule has 1 heteroatoms. The van der Waals surface area contributed by atoms with Gasteiger partial charge in [-0.15, -0.1) is 0 Å². The van der Waals surface area contributed by atoms with Crippen LogP contribution < -0.4 is 0 Å². The predicted octanol–water partition coefficient (Wildman–Crippen LogP) is 4.12. The van der Waals surface area contributed by atoms with Gasteiger partial charge in [0.2, 0.25) is 0 Å². The molecule has 15 heavy (non-hydrogen) atoms. The van der Waals surface area contributed by atoms with Gasteiger partial charge in [-0.25, -0.2) is 0 Å². The summed E-state index contributed by atoms with van der Waals surface area (Å²) >= 11 is 0. The summed E-state index contributed by atoms with van der Waals surface area (Å²) in [6.45, 7) is 9.38. The molecule has 3 atom stereocenters. The van der Waals surface area contributed by atoms with Gasteiger partial charge in [0, 0.05) is 7.11 Å². The maximum atomic E-state index is 5.58. The lowest BCUT2D eigenvalue weighted by Gasteiger charge is -2.37. The van der Waals surface area contributed by atoms with E-state index in [0.717, 1.165) is 23.7 Å². The van der Waals surface area contributed by atoms with E-state index in [1.165, 1.54) is 25.7 Å². The lowest BCUT2D eigenvalue weighted by atomic mass is 9.72. The molecule has 0 bridgehead atoms. The summed E-state index contributed by atoms with van der Waals surface area (Å²) in [5.41, 5.74) is 0. The van der Waals surface area contributed by atoms with E-state index in [-0.39, 0.29) is 0 Å². The maximum Gasteiger partial charge on any atom is 0.0576 e. The van der Waals surface area contributed by atoms with Crippen LogP contribution in [0.3, 0.4) is 0 Å². The third kappa shape index (κ3) is 4.14. The third-order valence-electron chi connectivity index (χ3n) is 3.88. The molecular formula is C14H28O. The van der Waals surface area contributed by atoms with Crippen molar-refractivity contribution in [1.82, 2.24) is 0 Å². The minimum absolute atomic E-state index is 0.523. The van der Waals surface area contributed by atoms with Crippen LogP contribution in [0.2, 0.25) is 0 Å². The van der Waals surface area contributed by atoms with Crippen molar-refractivity contribution in [2.45, 2.75) is 59.5 Å². The van der Waals surface area contributed by atoms with Crippen LogP contribution >= 0.6 is 0 Å². The van der Waals surface area contributed by atoms with Gasteiger partial charge >= 0.3 is 0 Å². The van der Waals surface area contributed by atoms with Crippen molar-refractivity contribution in [2.75, 3.05) is 7.11 Å². The SMILES string of the molecule is CO[C@@H]1CC(CC(C)C)CC(C(C)C)C1. The first-order valence-corrected chi connectivity index (χ1v) is 6.55. The van der Waals surface area contributed by atoms with E-state index in [1.807, 2.05) is 7.11 Å². The van der Waals surface area contributed by atoms with Crippen molar-refractivity contribution in [1.29, 1.82) is 0 Å². The molecule has 1 aliphatic rings. The highest BCUT2D eigenvalue weighted by Crippen LogP contribution is 2.37. The number of rotatable bonds is 4. The molecule has 0 aromatic rings. The van der Waals surface area contributed by atoms with Crippen LogP contribution in [0.25, 0.3) is 0 Å². The zero-order chi connectivity index (χ0) is 11.4. The molecule has 1 aliphatic carbocycles. The lowest BCUT2D eigenvalue weighted by Crippen LogP contribution is -2.31. The summed E-state index contributed by atoms with van der Waals surface area (Å²) < 4.78 is 5.58. The Balaban J connectivity index is 2.51. The smallest absolute Gasteiger partial charge is 0.0576 e. The van der Waals surface area contributed by atoms with Crippen molar-refractivity contribution in [3.8, 4) is 0 Å². The topological polar surface area (TPSA) is 9.23 Å². The van der Waals surface area contributed by atoms with Crippen LogP contribution in [0.5, 0.6) is 0 Å². The monoisotopic (exact) mass is 212 g/mol.